The monoisotopic (exact) mass is 293 g/mol. The molecule has 20 heavy (non-hydrogen) atoms. The van der Waals surface area contributed by atoms with E-state index < -0.39 is 15.1 Å². The summed E-state index contributed by atoms with van der Waals surface area (Å²) in [4.78, 5) is 13.9. The van der Waals surface area contributed by atoms with Crippen LogP contribution in [-0.4, -0.2) is 43.8 Å². The Hall–Kier alpha value is -1.82. The first kappa shape index (κ1) is 13.2. The third-order valence-electron chi connectivity index (χ3n) is 3.67. The fraction of sp³-hybridized carbons (Fsp3) is 0.357. The Labute approximate surface area is 117 Å². The van der Waals surface area contributed by atoms with E-state index in [1.807, 2.05) is 18.2 Å². The van der Waals surface area contributed by atoms with Crippen molar-refractivity contribution in [2.24, 2.45) is 0 Å². The molecule has 0 radical (unpaired) electrons. The first-order valence-electron chi connectivity index (χ1n) is 6.42. The van der Waals surface area contributed by atoms with Gasteiger partial charge >= 0.3 is 0 Å². The third-order valence-corrected chi connectivity index (χ3v) is 5.27. The summed E-state index contributed by atoms with van der Waals surface area (Å²) in [5, 5.41) is 0.408. The van der Waals surface area contributed by atoms with E-state index in [1.54, 1.807) is 17.0 Å². The van der Waals surface area contributed by atoms with Crippen LogP contribution in [0.1, 0.15) is 17.0 Å². The molecule has 1 aliphatic rings. The number of likely N-dealkylation sites (tertiary alicyclic amines) is 1. The van der Waals surface area contributed by atoms with Crippen LogP contribution in [0.3, 0.4) is 0 Å². The number of nitrogens with zero attached hydrogens (tertiary/aromatic N) is 1. The molecular formula is C14H15NO4S. The Morgan fingerprint density at radius 1 is 1.35 bits per heavy atom. The van der Waals surface area contributed by atoms with Gasteiger partial charge in [-0.1, -0.05) is 18.2 Å². The maximum absolute atomic E-state index is 12.3. The molecule has 0 unspecified atom stereocenters. The molecule has 2 heterocycles. The number of rotatable bonds is 2. The largest absolute Gasteiger partial charge is 0.451 e. The fourth-order valence-electron chi connectivity index (χ4n) is 2.51. The minimum absolute atomic E-state index is 0.243. The maximum Gasteiger partial charge on any atom is 0.289 e. The van der Waals surface area contributed by atoms with Gasteiger partial charge in [-0.15, -0.1) is 0 Å². The second-order valence-electron chi connectivity index (χ2n) is 5.14. The number of hydrogen-bond acceptors (Lipinski definition) is 4. The highest BCUT2D eigenvalue weighted by atomic mass is 32.2. The van der Waals surface area contributed by atoms with E-state index >= 15 is 0 Å². The molecule has 3 rings (SSSR count). The van der Waals surface area contributed by atoms with Crippen LogP contribution in [0.25, 0.3) is 11.0 Å². The fourth-order valence-corrected chi connectivity index (χ4v) is 3.49. The highest BCUT2D eigenvalue weighted by molar-refractivity contribution is 7.91. The average Bonchev–Trinajstić information content (AvgIpc) is 3.04. The number of sulfone groups is 1. The zero-order valence-corrected chi connectivity index (χ0v) is 11.9. The standard InChI is InChI=1S/C14H15NO4S/c1-20(17,18)11-6-7-15(9-11)14(16)13-8-10-4-2-3-5-12(10)19-13/h2-5,8,11H,6-7,9H2,1H3/t11-/m1/s1. The number of amides is 1. The van der Waals surface area contributed by atoms with E-state index in [0.717, 1.165) is 5.39 Å². The molecule has 6 heteroatoms. The van der Waals surface area contributed by atoms with Gasteiger partial charge in [0.05, 0.1) is 5.25 Å². The lowest BCUT2D eigenvalue weighted by atomic mass is 10.2. The quantitative estimate of drug-likeness (QED) is 0.845. The molecule has 0 N–H and O–H groups in total. The Balaban J connectivity index is 1.83. The number of hydrogen-bond donors (Lipinski definition) is 0. The van der Waals surface area contributed by atoms with Crippen LogP contribution >= 0.6 is 0 Å². The molecule has 0 aliphatic carbocycles. The molecule has 5 nitrogen and oxygen atoms in total. The molecule has 1 atom stereocenters. The maximum atomic E-state index is 12.3. The number of carbonyl (C=O) groups is 1. The second-order valence-corrected chi connectivity index (χ2v) is 7.47. The number of fused-ring (bicyclic) bond motifs is 1. The SMILES string of the molecule is CS(=O)(=O)[C@@H]1CCN(C(=O)c2cc3ccccc3o2)C1. The summed E-state index contributed by atoms with van der Waals surface area (Å²) in [6.07, 6.45) is 1.71. The first-order valence-corrected chi connectivity index (χ1v) is 8.37. The molecule has 1 amide bonds. The normalized spacial score (nSPS) is 19.6. The van der Waals surface area contributed by atoms with E-state index in [9.17, 15) is 13.2 Å². The van der Waals surface area contributed by atoms with Crippen molar-refractivity contribution in [1.29, 1.82) is 0 Å². The van der Waals surface area contributed by atoms with Crippen LogP contribution in [-0.2, 0) is 9.84 Å². The Morgan fingerprint density at radius 3 is 2.75 bits per heavy atom. The van der Waals surface area contributed by atoms with Gasteiger partial charge in [0.1, 0.15) is 5.58 Å². The Kier molecular flexibility index (Phi) is 3.05. The lowest BCUT2D eigenvalue weighted by molar-refractivity contribution is 0.0764. The van der Waals surface area contributed by atoms with Crippen molar-refractivity contribution in [2.45, 2.75) is 11.7 Å². The molecule has 1 aromatic carbocycles. The van der Waals surface area contributed by atoms with E-state index in [2.05, 4.69) is 0 Å². The van der Waals surface area contributed by atoms with Gasteiger partial charge in [0.15, 0.2) is 15.6 Å². The lowest BCUT2D eigenvalue weighted by Crippen LogP contribution is -2.31. The van der Waals surface area contributed by atoms with Gasteiger partial charge in [0, 0.05) is 24.7 Å². The van der Waals surface area contributed by atoms with Crippen LogP contribution < -0.4 is 0 Å². The summed E-state index contributed by atoms with van der Waals surface area (Å²) in [6.45, 7) is 0.697. The molecule has 0 bridgehead atoms. The highest BCUT2D eigenvalue weighted by Gasteiger charge is 2.33. The van der Waals surface area contributed by atoms with Gasteiger partial charge in [-0.3, -0.25) is 4.79 Å². The second kappa shape index (κ2) is 4.63. The Morgan fingerprint density at radius 2 is 2.10 bits per heavy atom. The van der Waals surface area contributed by atoms with Gasteiger partial charge in [-0.25, -0.2) is 8.42 Å². The van der Waals surface area contributed by atoms with Crippen molar-refractivity contribution in [3.63, 3.8) is 0 Å². The number of carbonyl (C=O) groups excluding carboxylic acids is 1. The molecule has 1 fully saturated rings. The van der Waals surface area contributed by atoms with Crippen molar-refractivity contribution in [3.8, 4) is 0 Å². The number of benzene rings is 1. The van der Waals surface area contributed by atoms with Crippen molar-refractivity contribution < 1.29 is 17.6 Å². The molecule has 1 saturated heterocycles. The van der Waals surface area contributed by atoms with Crippen LogP contribution in [0.15, 0.2) is 34.7 Å². The van der Waals surface area contributed by atoms with Crippen LogP contribution in [0.5, 0.6) is 0 Å². The summed E-state index contributed by atoms with van der Waals surface area (Å²) in [7, 11) is -3.10. The predicted molar refractivity (Wildman–Crippen MR) is 75.4 cm³/mol. The van der Waals surface area contributed by atoms with Crippen LogP contribution in [0.2, 0.25) is 0 Å². The molecule has 0 spiro atoms. The van der Waals surface area contributed by atoms with Gasteiger partial charge < -0.3 is 9.32 Å². The van der Waals surface area contributed by atoms with Crippen molar-refractivity contribution >= 4 is 26.7 Å². The van der Waals surface area contributed by atoms with E-state index in [-0.39, 0.29) is 18.2 Å². The zero-order chi connectivity index (χ0) is 14.3. The Bertz CT molecular complexity index is 729. The van der Waals surface area contributed by atoms with Gasteiger partial charge in [-0.2, -0.15) is 0 Å². The first-order chi connectivity index (χ1) is 9.45. The number of furan rings is 1. The summed E-state index contributed by atoms with van der Waals surface area (Å²) < 4.78 is 28.6. The van der Waals surface area contributed by atoms with Crippen molar-refractivity contribution in [1.82, 2.24) is 4.90 Å². The van der Waals surface area contributed by atoms with Crippen molar-refractivity contribution in [3.05, 3.63) is 36.1 Å². The van der Waals surface area contributed by atoms with Gasteiger partial charge in [-0.05, 0) is 18.6 Å². The van der Waals surface area contributed by atoms with E-state index in [0.29, 0.717) is 18.5 Å². The smallest absolute Gasteiger partial charge is 0.289 e. The topological polar surface area (TPSA) is 67.6 Å². The lowest BCUT2D eigenvalue weighted by Gasteiger charge is -2.14. The zero-order valence-electron chi connectivity index (χ0n) is 11.1. The summed E-state index contributed by atoms with van der Waals surface area (Å²) >= 11 is 0. The average molecular weight is 293 g/mol. The summed E-state index contributed by atoms with van der Waals surface area (Å²) in [6, 6.07) is 9.09. The van der Waals surface area contributed by atoms with Crippen LogP contribution in [0, 0.1) is 0 Å². The molecule has 1 aliphatic heterocycles. The minimum atomic E-state index is -3.10. The molecule has 106 valence electrons. The predicted octanol–water partition coefficient (Wildman–Crippen LogP) is 1.69. The summed E-state index contributed by atoms with van der Waals surface area (Å²) in [5.74, 6) is 0.0210. The third kappa shape index (κ3) is 2.31. The highest BCUT2D eigenvalue weighted by Crippen LogP contribution is 2.23. The number of para-hydroxylation sites is 1. The molecule has 1 aromatic heterocycles. The van der Waals surface area contributed by atoms with Crippen molar-refractivity contribution in [2.75, 3.05) is 19.3 Å². The molecule has 0 saturated carbocycles. The van der Waals surface area contributed by atoms with E-state index in [4.69, 9.17) is 4.42 Å². The summed E-state index contributed by atoms with van der Waals surface area (Å²) in [5.41, 5.74) is 0.662. The minimum Gasteiger partial charge on any atom is -0.451 e. The van der Waals surface area contributed by atoms with E-state index in [1.165, 1.54) is 6.26 Å². The van der Waals surface area contributed by atoms with Crippen LogP contribution in [0.4, 0.5) is 0 Å². The van der Waals surface area contributed by atoms with Gasteiger partial charge in [0.2, 0.25) is 0 Å². The molecule has 2 aromatic rings. The molecular weight excluding hydrogens is 278 g/mol. The van der Waals surface area contributed by atoms with Gasteiger partial charge in [0.25, 0.3) is 5.91 Å².